The number of hydrogen-bond acceptors (Lipinski definition) is 4. The number of nitrogens with zero attached hydrogens (tertiary/aromatic N) is 1. The Morgan fingerprint density at radius 3 is 2.70 bits per heavy atom. The Morgan fingerprint density at radius 1 is 1.11 bits per heavy atom. The van der Waals surface area contributed by atoms with Gasteiger partial charge in [-0.3, -0.25) is 9.69 Å². The molecule has 142 valence electrons. The third kappa shape index (κ3) is 3.93. The average molecular weight is 366 g/mol. The maximum absolute atomic E-state index is 12.9. The van der Waals surface area contributed by atoms with Crippen LogP contribution in [0, 0.1) is 0 Å². The van der Waals surface area contributed by atoms with Gasteiger partial charge in [0.1, 0.15) is 0 Å². The number of fused-ring (bicyclic) bond motifs is 2. The Labute approximate surface area is 160 Å². The number of carbonyl (C=O) groups is 1. The molecule has 1 unspecified atom stereocenters. The number of likely N-dealkylation sites (N-methyl/N-ethyl adjacent to an activating group) is 1. The van der Waals surface area contributed by atoms with Crippen molar-refractivity contribution >= 4 is 5.91 Å². The molecule has 0 aliphatic carbocycles. The molecule has 2 aromatic rings. The Bertz CT molecular complexity index is 821. The van der Waals surface area contributed by atoms with Gasteiger partial charge in [-0.25, -0.2) is 0 Å². The molecule has 0 bridgehead atoms. The van der Waals surface area contributed by atoms with Gasteiger partial charge in [-0.05, 0) is 41.8 Å². The van der Waals surface area contributed by atoms with E-state index in [1.165, 1.54) is 11.1 Å². The van der Waals surface area contributed by atoms with Crippen molar-refractivity contribution < 1.29 is 14.3 Å². The summed E-state index contributed by atoms with van der Waals surface area (Å²) in [6.45, 7) is 5.63. The van der Waals surface area contributed by atoms with Gasteiger partial charge in [0.2, 0.25) is 5.91 Å². The van der Waals surface area contributed by atoms with Gasteiger partial charge in [-0.15, -0.1) is 0 Å². The SMILES string of the molecule is CCN1Cc2ccccc2CC1C(=O)NCc1ccc2c(c1)OCCCO2. The number of ether oxygens (including phenoxy) is 2. The smallest absolute Gasteiger partial charge is 0.237 e. The highest BCUT2D eigenvalue weighted by Gasteiger charge is 2.30. The molecule has 0 spiro atoms. The Balaban J connectivity index is 1.42. The first kappa shape index (κ1) is 17.9. The van der Waals surface area contributed by atoms with Crippen LogP contribution in [0.2, 0.25) is 0 Å². The molecule has 2 aliphatic heterocycles. The van der Waals surface area contributed by atoms with Crippen molar-refractivity contribution in [3.05, 3.63) is 59.2 Å². The van der Waals surface area contributed by atoms with E-state index in [1.807, 2.05) is 24.3 Å². The molecule has 2 heterocycles. The summed E-state index contributed by atoms with van der Waals surface area (Å²) in [7, 11) is 0. The fraction of sp³-hybridized carbons (Fsp3) is 0.409. The fourth-order valence-corrected chi connectivity index (χ4v) is 3.79. The first-order chi connectivity index (χ1) is 13.2. The summed E-state index contributed by atoms with van der Waals surface area (Å²) in [5, 5.41) is 3.11. The van der Waals surface area contributed by atoms with Crippen LogP contribution in [-0.4, -0.2) is 36.6 Å². The summed E-state index contributed by atoms with van der Waals surface area (Å²) >= 11 is 0. The van der Waals surface area contributed by atoms with E-state index in [0.29, 0.717) is 19.8 Å². The van der Waals surface area contributed by atoms with Gasteiger partial charge in [-0.1, -0.05) is 37.3 Å². The van der Waals surface area contributed by atoms with Gasteiger partial charge in [0, 0.05) is 19.5 Å². The minimum Gasteiger partial charge on any atom is -0.490 e. The molecule has 0 radical (unpaired) electrons. The van der Waals surface area contributed by atoms with Crippen molar-refractivity contribution in [1.29, 1.82) is 0 Å². The summed E-state index contributed by atoms with van der Waals surface area (Å²) in [5.41, 5.74) is 3.62. The highest BCUT2D eigenvalue weighted by atomic mass is 16.5. The van der Waals surface area contributed by atoms with E-state index in [0.717, 1.165) is 43.0 Å². The van der Waals surface area contributed by atoms with Gasteiger partial charge < -0.3 is 14.8 Å². The molecule has 27 heavy (non-hydrogen) atoms. The fourth-order valence-electron chi connectivity index (χ4n) is 3.79. The van der Waals surface area contributed by atoms with Gasteiger partial charge in [0.15, 0.2) is 11.5 Å². The lowest BCUT2D eigenvalue weighted by atomic mass is 9.93. The molecule has 2 aromatic carbocycles. The first-order valence-corrected chi connectivity index (χ1v) is 9.71. The van der Waals surface area contributed by atoms with Crippen LogP contribution in [-0.2, 0) is 24.3 Å². The monoisotopic (exact) mass is 366 g/mol. The maximum atomic E-state index is 12.9. The second kappa shape index (κ2) is 8.01. The lowest BCUT2D eigenvalue weighted by molar-refractivity contribution is -0.127. The van der Waals surface area contributed by atoms with Crippen molar-refractivity contribution in [2.45, 2.75) is 38.9 Å². The van der Waals surface area contributed by atoms with Crippen LogP contribution in [0.4, 0.5) is 0 Å². The lowest BCUT2D eigenvalue weighted by Crippen LogP contribution is -2.49. The predicted molar refractivity (Wildman–Crippen MR) is 104 cm³/mol. The summed E-state index contributed by atoms with van der Waals surface area (Å²) in [6, 6.07) is 14.2. The van der Waals surface area contributed by atoms with Crippen LogP contribution < -0.4 is 14.8 Å². The van der Waals surface area contributed by atoms with Gasteiger partial charge in [0.05, 0.1) is 19.3 Å². The Kier molecular flexibility index (Phi) is 5.30. The molecular weight excluding hydrogens is 340 g/mol. The minimum atomic E-state index is -0.120. The quantitative estimate of drug-likeness (QED) is 0.904. The zero-order valence-corrected chi connectivity index (χ0v) is 15.7. The van der Waals surface area contributed by atoms with Crippen LogP contribution in [0.25, 0.3) is 0 Å². The Morgan fingerprint density at radius 2 is 1.89 bits per heavy atom. The van der Waals surface area contributed by atoms with Gasteiger partial charge in [-0.2, -0.15) is 0 Å². The summed E-state index contributed by atoms with van der Waals surface area (Å²) < 4.78 is 11.4. The van der Waals surface area contributed by atoms with E-state index in [9.17, 15) is 4.79 Å². The second-order valence-corrected chi connectivity index (χ2v) is 7.10. The molecule has 0 aromatic heterocycles. The van der Waals surface area contributed by atoms with Crippen molar-refractivity contribution in [3.63, 3.8) is 0 Å². The normalized spacial score (nSPS) is 19.1. The lowest BCUT2D eigenvalue weighted by Gasteiger charge is -2.35. The second-order valence-electron chi connectivity index (χ2n) is 7.10. The van der Waals surface area contributed by atoms with Crippen LogP contribution in [0.15, 0.2) is 42.5 Å². The molecule has 0 saturated heterocycles. The van der Waals surface area contributed by atoms with Crippen LogP contribution >= 0.6 is 0 Å². The number of carbonyl (C=O) groups excluding carboxylic acids is 1. The summed E-state index contributed by atoms with van der Waals surface area (Å²) in [4.78, 5) is 15.1. The van der Waals surface area contributed by atoms with E-state index in [-0.39, 0.29) is 11.9 Å². The van der Waals surface area contributed by atoms with E-state index in [4.69, 9.17) is 9.47 Å². The molecule has 5 heteroatoms. The summed E-state index contributed by atoms with van der Waals surface area (Å²) in [6.07, 6.45) is 1.65. The zero-order chi connectivity index (χ0) is 18.6. The minimum absolute atomic E-state index is 0.0819. The molecule has 5 nitrogen and oxygen atoms in total. The molecule has 0 saturated carbocycles. The standard InChI is InChI=1S/C22H26N2O3/c1-2-24-15-18-7-4-3-6-17(18)13-19(24)22(25)23-14-16-8-9-20-21(12-16)27-11-5-10-26-20/h3-4,6-9,12,19H,2,5,10-11,13-15H2,1H3,(H,23,25). The van der Waals surface area contributed by atoms with E-state index in [1.54, 1.807) is 0 Å². The third-order valence-electron chi connectivity index (χ3n) is 5.33. The molecule has 1 amide bonds. The highest BCUT2D eigenvalue weighted by Crippen LogP contribution is 2.30. The topological polar surface area (TPSA) is 50.8 Å². The van der Waals surface area contributed by atoms with Crippen molar-refractivity contribution in [1.82, 2.24) is 10.2 Å². The van der Waals surface area contributed by atoms with Crippen molar-refractivity contribution in [2.75, 3.05) is 19.8 Å². The van der Waals surface area contributed by atoms with Crippen LogP contribution in [0.1, 0.15) is 30.0 Å². The number of hydrogen-bond donors (Lipinski definition) is 1. The van der Waals surface area contributed by atoms with Gasteiger partial charge in [0.25, 0.3) is 0 Å². The van der Waals surface area contributed by atoms with Crippen LogP contribution in [0.5, 0.6) is 11.5 Å². The largest absolute Gasteiger partial charge is 0.490 e. The molecule has 2 aliphatic rings. The number of amides is 1. The Hall–Kier alpha value is -2.53. The molecular formula is C22H26N2O3. The van der Waals surface area contributed by atoms with Gasteiger partial charge >= 0.3 is 0 Å². The molecule has 0 fully saturated rings. The maximum Gasteiger partial charge on any atom is 0.237 e. The van der Waals surface area contributed by atoms with E-state index in [2.05, 4.69) is 35.3 Å². The average Bonchev–Trinajstić information content (AvgIpc) is 2.96. The number of nitrogens with one attached hydrogen (secondary N) is 1. The van der Waals surface area contributed by atoms with E-state index >= 15 is 0 Å². The first-order valence-electron chi connectivity index (χ1n) is 9.71. The summed E-state index contributed by atoms with van der Waals surface area (Å²) in [5.74, 6) is 1.63. The zero-order valence-electron chi connectivity index (χ0n) is 15.7. The molecule has 4 rings (SSSR count). The predicted octanol–water partition coefficient (Wildman–Crippen LogP) is 2.91. The van der Waals surface area contributed by atoms with Crippen molar-refractivity contribution in [3.8, 4) is 11.5 Å². The van der Waals surface area contributed by atoms with Crippen LogP contribution in [0.3, 0.4) is 0 Å². The van der Waals surface area contributed by atoms with E-state index < -0.39 is 0 Å². The highest BCUT2D eigenvalue weighted by molar-refractivity contribution is 5.82. The van der Waals surface area contributed by atoms with Crippen molar-refractivity contribution in [2.24, 2.45) is 0 Å². The third-order valence-corrected chi connectivity index (χ3v) is 5.33. The molecule has 1 atom stereocenters. The number of rotatable bonds is 4. The number of benzene rings is 2. The molecule has 1 N–H and O–H groups in total.